The van der Waals surface area contributed by atoms with Crippen LogP contribution in [0.3, 0.4) is 0 Å². The Labute approximate surface area is 162 Å². The molecule has 2 aromatic carbocycles. The smallest absolute Gasteiger partial charge is 0.248 e. The van der Waals surface area contributed by atoms with Gasteiger partial charge in [-0.05, 0) is 43.7 Å². The van der Waals surface area contributed by atoms with Crippen LogP contribution in [0.2, 0.25) is 0 Å². The number of anilines is 1. The topological polar surface area (TPSA) is 95.1 Å². The van der Waals surface area contributed by atoms with Crippen molar-refractivity contribution in [2.75, 3.05) is 12.4 Å². The van der Waals surface area contributed by atoms with E-state index in [0.29, 0.717) is 23.0 Å². The number of nitrogens with zero attached hydrogens (tertiary/aromatic N) is 3. The zero-order chi connectivity index (χ0) is 19.8. The van der Waals surface area contributed by atoms with Crippen molar-refractivity contribution in [2.45, 2.75) is 19.9 Å². The van der Waals surface area contributed by atoms with E-state index in [2.05, 4.69) is 10.3 Å². The van der Waals surface area contributed by atoms with Gasteiger partial charge in [-0.2, -0.15) is 4.98 Å². The molecule has 28 heavy (non-hydrogen) atoms. The number of aromatic nitrogens is 3. The summed E-state index contributed by atoms with van der Waals surface area (Å²) in [7, 11) is 1.62. The fourth-order valence-corrected chi connectivity index (χ4v) is 3.48. The van der Waals surface area contributed by atoms with Gasteiger partial charge in [0.05, 0.1) is 12.7 Å². The van der Waals surface area contributed by atoms with Crippen LogP contribution >= 0.6 is 0 Å². The third-order valence-corrected chi connectivity index (χ3v) is 4.82. The predicted molar refractivity (Wildman–Crippen MR) is 107 cm³/mol. The van der Waals surface area contributed by atoms with Crippen molar-refractivity contribution in [1.29, 1.82) is 0 Å². The molecule has 0 spiro atoms. The summed E-state index contributed by atoms with van der Waals surface area (Å²) in [4.78, 5) is 16.9. The summed E-state index contributed by atoms with van der Waals surface area (Å²) in [5.74, 6) is 1.40. The normalized spacial score (nSPS) is 15.8. The molecule has 0 radical (unpaired) electrons. The van der Waals surface area contributed by atoms with E-state index in [4.69, 9.17) is 15.6 Å². The van der Waals surface area contributed by atoms with Crippen molar-refractivity contribution < 1.29 is 9.53 Å². The van der Waals surface area contributed by atoms with E-state index in [-0.39, 0.29) is 0 Å². The minimum Gasteiger partial charge on any atom is -0.497 e. The number of ether oxygens (including phenoxy) is 1. The van der Waals surface area contributed by atoms with Gasteiger partial charge >= 0.3 is 0 Å². The van der Waals surface area contributed by atoms with Gasteiger partial charge in [0.1, 0.15) is 11.8 Å². The first-order valence-corrected chi connectivity index (χ1v) is 8.93. The second kappa shape index (κ2) is 6.84. The van der Waals surface area contributed by atoms with E-state index in [1.54, 1.807) is 11.8 Å². The molecule has 7 heteroatoms. The Kier molecular flexibility index (Phi) is 4.35. The molecule has 3 aromatic rings. The van der Waals surface area contributed by atoms with Crippen LogP contribution in [0.25, 0.3) is 11.4 Å². The highest BCUT2D eigenvalue weighted by atomic mass is 16.5. The second-order valence-electron chi connectivity index (χ2n) is 6.78. The summed E-state index contributed by atoms with van der Waals surface area (Å²) in [6.07, 6.45) is 0. The number of fused-ring (bicyclic) bond motifs is 1. The number of carbonyl (C=O) groups excluding carboxylic acids is 1. The predicted octanol–water partition coefficient (Wildman–Crippen LogP) is 3.04. The molecule has 1 aliphatic heterocycles. The molecule has 1 aromatic heterocycles. The average Bonchev–Trinajstić information content (AvgIpc) is 3.10. The van der Waals surface area contributed by atoms with Crippen molar-refractivity contribution in [3.05, 3.63) is 70.9 Å². The molecule has 1 amide bonds. The third-order valence-electron chi connectivity index (χ3n) is 4.82. The number of allylic oxidation sites excluding steroid dienone is 1. The lowest BCUT2D eigenvalue weighted by molar-refractivity contribution is -0.115. The molecule has 2 heterocycles. The van der Waals surface area contributed by atoms with Gasteiger partial charge in [-0.15, -0.1) is 5.10 Å². The summed E-state index contributed by atoms with van der Waals surface area (Å²) in [6.45, 7) is 3.84. The van der Waals surface area contributed by atoms with Crippen molar-refractivity contribution in [2.24, 2.45) is 5.73 Å². The van der Waals surface area contributed by atoms with E-state index < -0.39 is 11.9 Å². The SMILES string of the molecule is COc1ccc(-c2nc3n(n2)[C@@H](c2cccc(C)c2)C(C(N)=O)=C(C)N3)cc1. The van der Waals surface area contributed by atoms with Crippen LogP contribution in [-0.2, 0) is 4.79 Å². The summed E-state index contributed by atoms with van der Waals surface area (Å²) in [5.41, 5.74) is 9.75. The highest BCUT2D eigenvalue weighted by molar-refractivity contribution is 5.95. The van der Waals surface area contributed by atoms with Crippen LogP contribution in [0, 0.1) is 6.92 Å². The number of hydrogen-bond acceptors (Lipinski definition) is 5. The zero-order valence-corrected chi connectivity index (χ0v) is 15.9. The fourth-order valence-electron chi connectivity index (χ4n) is 3.48. The summed E-state index contributed by atoms with van der Waals surface area (Å²) in [6, 6.07) is 15.1. The molecule has 0 unspecified atom stereocenters. The van der Waals surface area contributed by atoms with E-state index >= 15 is 0 Å². The highest BCUT2D eigenvalue weighted by Gasteiger charge is 2.33. The Morgan fingerprint density at radius 3 is 2.57 bits per heavy atom. The Morgan fingerprint density at radius 2 is 1.93 bits per heavy atom. The maximum Gasteiger partial charge on any atom is 0.248 e. The number of rotatable bonds is 4. The number of carbonyl (C=O) groups is 1. The summed E-state index contributed by atoms with van der Waals surface area (Å²) < 4.78 is 6.93. The quantitative estimate of drug-likeness (QED) is 0.731. The summed E-state index contributed by atoms with van der Waals surface area (Å²) in [5, 5.41) is 7.85. The molecule has 1 aliphatic rings. The van der Waals surface area contributed by atoms with E-state index in [0.717, 1.165) is 22.4 Å². The number of aryl methyl sites for hydroxylation is 1. The van der Waals surface area contributed by atoms with Gasteiger partial charge in [0.25, 0.3) is 0 Å². The van der Waals surface area contributed by atoms with Crippen molar-refractivity contribution in [1.82, 2.24) is 14.8 Å². The number of hydrogen-bond donors (Lipinski definition) is 2. The Hall–Kier alpha value is -3.61. The second-order valence-corrected chi connectivity index (χ2v) is 6.78. The maximum absolute atomic E-state index is 12.2. The van der Waals surface area contributed by atoms with Gasteiger partial charge in [0, 0.05) is 11.3 Å². The average molecular weight is 375 g/mol. The molecular formula is C21H21N5O2. The van der Waals surface area contributed by atoms with Crippen molar-refractivity contribution in [3.8, 4) is 17.1 Å². The number of methoxy groups -OCH3 is 1. The minimum atomic E-state index is -0.483. The molecule has 4 rings (SSSR count). The molecule has 0 aliphatic carbocycles. The lowest BCUT2D eigenvalue weighted by atomic mass is 9.94. The van der Waals surface area contributed by atoms with Gasteiger partial charge in [-0.25, -0.2) is 4.68 Å². The van der Waals surface area contributed by atoms with Crippen LogP contribution in [0.4, 0.5) is 5.95 Å². The number of primary amides is 1. The van der Waals surface area contributed by atoms with E-state index in [9.17, 15) is 4.79 Å². The van der Waals surface area contributed by atoms with Gasteiger partial charge in [0.15, 0.2) is 5.82 Å². The molecule has 0 fully saturated rings. The van der Waals surface area contributed by atoms with E-state index in [1.165, 1.54) is 0 Å². The number of amides is 1. The lowest BCUT2D eigenvalue weighted by Crippen LogP contribution is -2.31. The van der Waals surface area contributed by atoms with Crippen LogP contribution < -0.4 is 15.8 Å². The number of nitrogens with one attached hydrogen (secondary N) is 1. The Morgan fingerprint density at radius 1 is 1.18 bits per heavy atom. The van der Waals surface area contributed by atoms with E-state index in [1.807, 2.05) is 62.4 Å². The van der Waals surface area contributed by atoms with Crippen LogP contribution in [0.15, 0.2) is 59.8 Å². The van der Waals surface area contributed by atoms with Crippen LogP contribution in [0.1, 0.15) is 24.1 Å². The fraction of sp³-hybridized carbons (Fsp3) is 0.190. The summed E-state index contributed by atoms with van der Waals surface area (Å²) >= 11 is 0. The highest BCUT2D eigenvalue weighted by Crippen LogP contribution is 2.36. The van der Waals surface area contributed by atoms with Crippen LogP contribution in [0.5, 0.6) is 5.75 Å². The monoisotopic (exact) mass is 375 g/mol. The lowest BCUT2D eigenvalue weighted by Gasteiger charge is -2.27. The van der Waals surface area contributed by atoms with Gasteiger partial charge in [-0.3, -0.25) is 4.79 Å². The first-order chi connectivity index (χ1) is 13.5. The maximum atomic E-state index is 12.2. The molecule has 7 nitrogen and oxygen atoms in total. The zero-order valence-electron chi connectivity index (χ0n) is 15.9. The van der Waals surface area contributed by atoms with Gasteiger partial charge < -0.3 is 15.8 Å². The Bertz CT molecular complexity index is 1080. The molecule has 0 bridgehead atoms. The molecule has 0 saturated carbocycles. The van der Waals surface area contributed by atoms with Gasteiger partial charge in [-0.1, -0.05) is 29.8 Å². The number of nitrogens with two attached hydrogens (primary N) is 1. The standard InChI is InChI=1S/C21H21N5O2/c1-12-5-4-6-15(11-12)18-17(19(22)27)13(2)23-21-24-20(25-26(18)21)14-7-9-16(28-3)10-8-14/h4-11,18H,1-3H3,(H2,22,27)(H,23,24,25)/t18-/m0/s1. The van der Waals surface area contributed by atoms with Crippen molar-refractivity contribution >= 4 is 11.9 Å². The van der Waals surface area contributed by atoms with Crippen LogP contribution in [-0.4, -0.2) is 27.8 Å². The first-order valence-electron chi connectivity index (χ1n) is 8.93. The molecular weight excluding hydrogens is 354 g/mol. The molecule has 3 N–H and O–H groups in total. The first kappa shape index (κ1) is 17.8. The molecule has 142 valence electrons. The molecule has 1 atom stereocenters. The minimum absolute atomic E-state index is 0.437. The molecule has 0 saturated heterocycles. The van der Waals surface area contributed by atoms with Gasteiger partial charge in [0.2, 0.25) is 11.9 Å². The number of benzene rings is 2. The largest absolute Gasteiger partial charge is 0.497 e. The van der Waals surface area contributed by atoms with Crippen molar-refractivity contribution in [3.63, 3.8) is 0 Å². The Balaban J connectivity index is 1.85. The third kappa shape index (κ3) is 3.00.